The van der Waals surface area contributed by atoms with Gasteiger partial charge in [-0.15, -0.1) is 0 Å². The Labute approximate surface area is 190 Å². The Morgan fingerprint density at radius 1 is 1.12 bits per heavy atom. The Kier molecular flexibility index (Phi) is 11.0. The number of hydrogen-bond acceptors (Lipinski definition) is 7. The number of nitrogens with one attached hydrogen (secondary N) is 2. The van der Waals surface area contributed by atoms with Crippen molar-refractivity contribution in [3.63, 3.8) is 0 Å². The number of aliphatic carboxylic acids is 2. The van der Waals surface area contributed by atoms with Crippen molar-refractivity contribution in [1.29, 1.82) is 0 Å². The Hall–Kier alpha value is -3.42. The van der Waals surface area contributed by atoms with Crippen LogP contribution in [0, 0.1) is 0 Å². The average molecular weight is 472 g/mol. The second-order valence-corrected chi connectivity index (χ2v) is 7.81. The zero-order valence-corrected chi connectivity index (χ0v) is 18.5. The summed E-state index contributed by atoms with van der Waals surface area (Å²) >= 11 is 0. The van der Waals surface area contributed by atoms with Gasteiger partial charge in [-0.3, -0.25) is 29.0 Å². The summed E-state index contributed by atoms with van der Waals surface area (Å²) in [6, 6.07) is -4.19. The predicted molar refractivity (Wildman–Crippen MR) is 117 cm³/mol. The molecule has 0 aromatic heterocycles. The number of carboxylic acids is 2. The zero-order chi connectivity index (χ0) is 25.1. The van der Waals surface area contributed by atoms with E-state index in [0.29, 0.717) is 19.3 Å². The molecule has 1 aliphatic rings. The van der Waals surface area contributed by atoms with Gasteiger partial charge < -0.3 is 42.9 Å². The molecule has 0 aromatic rings. The highest BCUT2D eigenvalue weighted by atomic mass is 16.4. The molecule has 3 amide bonds. The van der Waals surface area contributed by atoms with Crippen LogP contribution in [-0.4, -0.2) is 88.0 Å². The summed E-state index contributed by atoms with van der Waals surface area (Å²) < 4.78 is 0. The Morgan fingerprint density at radius 2 is 1.79 bits per heavy atom. The van der Waals surface area contributed by atoms with E-state index in [2.05, 4.69) is 15.6 Å². The molecule has 33 heavy (non-hydrogen) atoms. The van der Waals surface area contributed by atoms with Gasteiger partial charge in [0, 0.05) is 19.5 Å². The SMILES string of the molecule is CC(NC(=O)C(CCCN=C(N)N)NC(=O)C1CCCN1C(=O)C(N)CCC(=O)O)C(=O)O. The summed E-state index contributed by atoms with van der Waals surface area (Å²) in [6.45, 7) is 1.76. The minimum atomic E-state index is -1.24. The highest BCUT2D eigenvalue weighted by Gasteiger charge is 2.37. The molecule has 1 aliphatic heterocycles. The lowest BCUT2D eigenvalue weighted by Gasteiger charge is -2.28. The fourth-order valence-corrected chi connectivity index (χ4v) is 3.33. The quantitative estimate of drug-likeness (QED) is 0.0831. The van der Waals surface area contributed by atoms with Crippen LogP contribution in [0.2, 0.25) is 0 Å². The number of carbonyl (C=O) groups is 5. The number of carbonyl (C=O) groups excluding carboxylic acids is 3. The van der Waals surface area contributed by atoms with Crippen molar-refractivity contribution in [1.82, 2.24) is 15.5 Å². The van der Waals surface area contributed by atoms with E-state index in [1.165, 1.54) is 11.8 Å². The lowest BCUT2D eigenvalue weighted by atomic mass is 10.1. The lowest BCUT2D eigenvalue weighted by molar-refractivity contribution is -0.143. The Morgan fingerprint density at radius 3 is 2.36 bits per heavy atom. The predicted octanol–water partition coefficient (Wildman–Crippen LogP) is -2.70. The van der Waals surface area contributed by atoms with Gasteiger partial charge in [-0.25, -0.2) is 0 Å². The highest BCUT2D eigenvalue weighted by Crippen LogP contribution is 2.19. The lowest BCUT2D eigenvalue weighted by Crippen LogP contribution is -2.56. The van der Waals surface area contributed by atoms with Gasteiger partial charge in [-0.1, -0.05) is 0 Å². The van der Waals surface area contributed by atoms with Crippen molar-refractivity contribution in [3.8, 4) is 0 Å². The van der Waals surface area contributed by atoms with E-state index >= 15 is 0 Å². The van der Waals surface area contributed by atoms with E-state index in [1.54, 1.807) is 0 Å². The first-order valence-corrected chi connectivity index (χ1v) is 10.6. The average Bonchev–Trinajstić information content (AvgIpc) is 3.22. The smallest absolute Gasteiger partial charge is 0.325 e. The molecule has 0 radical (unpaired) electrons. The zero-order valence-electron chi connectivity index (χ0n) is 18.5. The van der Waals surface area contributed by atoms with Crippen molar-refractivity contribution < 1.29 is 34.2 Å². The monoisotopic (exact) mass is 471 g/mol. The maximum absolute atomic E-state index is 12.9. The number of hydrogen-bond donors (Lipinski definition) is 7. The summed E-state index contributed by atoms with van der Waals surface area (Å²) in [5, 5.41) is 22.7. The third-order valence-electron chi connectivity index (χ3n) is 5.13. The molecule has 14 heteroatoms. The van der Waals surface area contributed by atoms with Crippen LogP contribution >= 0.6 is 0 Å². The fourth-order valence-electron chi connectivity index (χ4n) is 3.33. The molecule has 0 spiro atoms. The summed E-state index contributed by atoms with van der Waals surface area (Å²) in [5.74, 6) is -4.27. The molecule has 1 fully saturated rings. The topological polar surface area (TPSA) is 244 Å². The molecule has 0 saturated carbocycles. The van der Waals surface area contributed by atoms with Crippen LogP contribution in [0.1, 0.15) is 45.4 Å². The largest absolute Gasteiger partial charge is 0.481 e. The van der Waals surface area contributed by atoms with Crippen LogP contribution in [0.15, 0.2) is 4.99 Å². The number of amides is 3. The number of likely N-dealkylation sites (tertiary alicyclic amines) is 1. The summed E-state index contributed by atoms with van der Waals surface area (Å²) in [6.07, 6.45) is 0.980. The van der Waals surface area contributed by atoms with Crippen molar-refractivity contribution in [2.45, 2.75) is 69.6 Å². The van der Waals surface area contributed by atoms with E-state index in [4.69, 9.17) is 27.4 Å². The Bertz CT molecular complexity index is 770. The van der Waals surface area contributed by atoms with Gasteiger partial charge >= 0.3 is 11.9 Å². The summed E-state index contributed by atoms with van der Waals surface area (Å²) in [5.41, 5.74) is 16.3. The van der Waals surface area contributed by atoms with Crippen LogP contribution in [0.5, 0.6) is 0 Å². The molecule has 0 bridgehead atoms. The van der Waals surface area contributed by atoms with Gasteiger partial charge in [-0.2, -0.15) is 0 Å². The van der Waals surface area contributed by atoms with Gasteiger partial charge in [0.2, 0.25) is 17.7 Å². The molecule has 10 N–H and O–H groups in total. The number of carboxylic acid groups (broad SMARTS) is 2. The second-order valence-electron chi connectivity index (χ2n) is 7.81. The van der Waals surface area contributed by atoms with E-state index in [0.717, 1.165) is 0 Å². The van der Waals surface area contributed by atoms with Gasteiger partial charge in [0.1, 0.15) is 18.1 Å². The molecule has 0 aromatic carbocycles. The molecule has 1 rings (SSSR count). The van der Waals surface area contributed by atoms with Crippen LogP contribution in [0.4, 0.5) is 0 Å². The van der Waals surface area contributed by atoms with Gasteiger partial charge in [-0.05, 0) is 39.0 Å². The van der Waals surface area contributed by atoms with Crippen LogP contribution in [-0.2, 0) is 24.0 Å². The minimum absolute atomic E-state index is 0.0676. The number of guanidine groups is 1. The summed E-state index contributed by atoms with van der Waals surface area (Å²) in [4.78, 5) is 65.0. The molecule has 4 atom stereocenters. The molecule has 0 aliphatic carbocycles. The maximum atomic E-state index is 12.9. The minimum Gasteiger partial charge on any atom is -0.481 e. The first-order chi connectivity index (χ1) is 15.4. The first kappa shape index (κ1) is 27.6. The van der Waals surface area contributed by atoms with Gasteiger partial charge in [0.25, 0.3) is 0 Å². The number of rotatable bonds is 13. The van der Waals surface area contributed by atoms with Crippen molar-refractivity contribution in [3.05, 3.63) is 0 Å². The van der Waals surface area contributed by atoms with Gasteiger partial charge in [0.05, 0.1) is 6.04 Å². The molecule has 14 nitrogen and oxygen atoms in total. The van der Waals surface area contributed by atoms with Crippen LogP contribution < -0.4 is 27.8 Å². The van der Waals surface area contributed by atoms with Crippen LogP contribution in [0.25, 0.3) is 0 Å². The molecular weight excluding hydrogens is 438 g/mol. The molecule has 186 valence electrons. The fraction of sp³-hybridized carbons (Fsp3) is 0.684. The maximum Gasteiger partial charge on any atom is 0.325 e. The molecule has 4 unspecified atom stereocenters. The van der Waals surface area contributed by atoms with E-state index in [9.17, 15) is 24.0 Å². The molecule has 1 heterocycles. The van der Waals surface area contributed by atoms with Crippen LogP contribution in [0.3, 0.4) is 0 Å². The number of nitrogens with zero attached hydrogens (tertiary/aromatic N) is 2. The first-order valence-electron chi connectivity index (χ1n) is 10.6. The normalized spacial score (nSPS) is 18.0. The number of nitrogens with two attached hydrogens (primary N) is 3. The third-order valence-corrected chi connectivity index (χ3v) is 5.13. The van der Waals surface area contributed by atoms with E-state index in [1.807, 2.05) is 0 Å². The Balaban J connectivity index is 2.86. The molecule has 1 saturated heterocycles. The third kappa shape index (κ3) is 9.31. The molecular formula is C19H33N7O7. The van der Waals surface area contributed by atoms with E-state index < -0.39 is 53.8 Å². The number of aliphatic imine (C=N–C) groups is 1. The standard InChI is InChI=1S/C19H33N7O7/c1-10(18(32)33)24-15(29)12(4-2-8-23-19(21)22)25-16(30)13-5-3-9-26(13)17(31)11(20)6-7-14(27)28/h10-13H,2-9,20H2,1H3,(H,24,29)(H,25,30)(H,27,28)(H,32,33)(H4,21,22,23). The highest BCUT2D eigenvalue weighted by molar-refractivity contribution is 5.94. The van der Waals surface area contributed by atoms with Crippen molar-refractivity contribution in [2.24, 2.45) is 22.2 Å². The van der Waals surface area contributed by atoms with E-state index in [-0.39, 0.29) is 38.3 Å². The van der Waals surface area contributed by atoms with Gasteiger partial charge in [0.15, 0.2) is 5.96 Å². The van der Waals surface area contributed by atoms with Crippen molar-refractivity contribution >= 4 is 35.6 Å². The van der Waals surface area contributed by atoms with Crippen molar-refractivity contribution in [2.75, 3.05) is 13.1 Å². The second kappa shape index (κ2) is 13.2. The summed E-state index contributed by atoms with van der Waals surface area (Å²) in [7, 11) is 0.